The van der Waals surface area contributed by atoms with E-state index >= 15 is 0 Å². The van der Waals surface area contributed by atoms with E-state index in [9.17, 15) is 18.4 Å². The highest BCUT2D eigenvalue weighted by molar-refractivity contribution is 9.08. The first kappa shape index (κ1) is 16.6. The van der Waals surface area contributed by atoms with Crippen molar-refractivity contribution in [2.75, 3.05) is 13.7 Å². The molecule has 0 aliphatic heterocycles. The topological polar surface area (TPSA) is 52.6 Å². The summed E-state index contributed by atoms with van der Waals surface area (Å²) in [4.78, 5) is 23.1. The predicted octanol–water partition coefficient (Wildman–Crippen LogP) is 3.02. The largest absolute Gasteiger partial charge is 0.465 e. The Morgan fingerprint density at radius 3 is 2.50 bits per heavy atom. The van der Waals surface area contributed by atoms with Crippen molar-refractivity contribution in [2.24, 2.45) is 0 Å². The summed E-state index contributed by atoms with van der Waals surface area (Å²) in [5, 5.41) is 0.171. The molecule has 0 fully saturated rings. The maximum Gasteiger partial charge on any atom is 0.382 e. The number of ether oxygens (including phenoxy) is 2. The molecule has 110 valence electrons. The lowest BCUT2D eigenvalue weighted by molar-refractivity contribution is -0.173. The molecule has 1 aromatic carbocycles. The van der Waals surface area contributed by atoms with Crippen molar-refractivity contribution in [2.45, 2.75) is 18.2 Å². The molecule has 0 N–H and O–H groups in total. The van der Waals surface area contributed by atoms with E-state index in [1.165, 1.54) is 19.1 Å². The minimum Gasteiger partial charge on any atom is -0.465 e. The van der Waals surface area contributed by atoms with Crippen molar-refractivity contribution in [1.82, 2.24) is 0 Å². The molecule has 20 heavy (non-hydrogen) atoms. The quantitative estimate of drug-likeness (QED) is 0.605. The zero-order chi connectivity index (χ0) is 15.3. The van der Waals surface area contributed by atoms with E-state index in [-0.39, 0.29) is 17.5 Å². The van der Waals surface area contributed by atoms with Gasteiger partial charge in [-0.15, -0.1) is 0 Å². The number of hydrogen-bond donors (Lipinski definition) is 0. The molecule has 1 aromatic rings. The molecule has 0 radical (unpaired) electrons. The lowest BCUT2D eigenvalue weighted by atomic mass is 9.97. The van der Waals surface area contributed by atoms with E-state index in [1.807, 2.05) is 0 Å². The van der Waals surface area contributed by atoms with E-state index in [4.69, 9.17) is 0 Å². The van der Waals surface area contributed by atoms with Gasteiger partial charge < -0.3 is 9.47 Å². The number of alkyl halides is 3. The summed E-state index contributed by atoms with van der Waals surface area (Å²) < 4.78 is 37.1. The van der Waals surface area contributed by atoms with Crippen molar-refractivity contribution in [1.29, 1.82) is 0 Å². The first-order chi connectivity index (χ1) is 9.39. The van der Waals surface area contributed by atoms with Crippen molar-refractivity contribution in [3.8, 4) is 0 Å². The number of benzene rings is 1. The molecular formula is C13H13BrF2O4. The van der Waals surface area contributed by atoms with Crippen molar-refractivity contribution in [3.63, 3.8) is 0 Å². The van der Waals surface area contributed by atoms with Crippen LogP contribution < -0.4 is 0 Å². The normalized spacial score (nSPS) is 11.1. The van der Waals surface area contributed by atoms with Gasteiger partial charge in [-0.2, -0.15) is 8.78 Å². The zero-order valence-electron chi connectivity index (χ0n) is 10.9. The number of rotatable bonds is 5. The Bertz CT molecular complexity index is 517. The first-order valence-corrected chi connectivity index (χ1v) is 6.83. The first-order valence-electron chi connectivity index (χ1n) is 5.71. The van der Waals surface area contributed by atoms with Crippen LogP contribution in [0.25, 0.3) is 0 Å². The second-order valence-corrected chi connectivity index (χ2v) is 4.32. The third-order valence-corrected chi connectivity index (χ3v) is 3.16. The molecule has 0 heterocycles. The molecule has 0 aromatic heterocycles. The highest BCUT2D eigenvalue weighted by Crippen LogP contribution is 2.34. The van der Waals surface area contributed by atoms with Gasteiger partial charge in [-0.05, 0) is 12.5 Å². The molecule has 1 rings (SSSR count). The van der Waals surface area contributed by atoms with Gasteiger partial charge in [0, 0.05) is 10.9 Å². The van der Waals surface area contributed by atoms with Gasteiger partial charge in [0.25, 0.3) is 0 Å². The molecule has 0 saturated carbocycles. The molecule has 7 heteroatoms. The van der Waals surface area contributed by atoms with Gasteiger partial charge in [-0.25, -0.2) is 9.59 Å². The van der Waals surface area contributed by atoms with Crippen molar-refractivity contribution >= 4 is 27.9 Å². The SMILES string of the molecule is CCOC(=O)C(F)(F)c1cccc(CBr)c1C(=O)OC. The Kier molecular flexibility index (Phi) is 5.62. The Labute approximate surface area is 123 Å². The molecule has 0 unspecified atom stereocenters. The highest BCUT2D eigenvalue weighted by Gasteiger charge is 2.46. The summed E-state index contributed by atoms with van der Waals surface area (Å²) in [6.45, 7) is 1.24. The van der Waals surface area contributed by atoms with Crippen LogP contribution >= 0.6 is 15.9 Å². The van der Waals surface area contributed by atoms with Gasteiger partial charge in [0.05, 0.1) is 19.3 Å². The van der Waals surface area contributed by atoms with Crippen LogP contribution in [0.2, 0.25) is 0 Å². The van der Waals surface area contributed by atoms with Crippen LogP contribution in [0.15, 0.2) is 18.2 Å². The number of methoxy groups -OCH3 is 1. The molecule has 0 aliphatic rings. The van der Waals surface area contributed by atoms with Gasteiger partial charge in [0.15, 0.2) is 0 Å². The van der Waals surface area contributed by atoms with Crippen LogP contribution in [0.5, 0.6) is 0 Å². The Balaban J connectivity index is 3.44. The number of hydrogen-bond acceptors (Lipinski definition) is 4. The van der Waals surface area contributed by atoms with Crippen LogP contribution in [-0.2, 0) is 25.5 Å². The number of halogens is 3. The average Bonchev–Trinajstić information content (AvgIpc) is 2.45. The minimum absolute atomic E-state index is 0.171. The number of esters is 2. The molecule has 0 spiro atoms. The molecule has 0 saturated heterocycles. The fourth-order valence-corrected chi connectivity index (χ4v) is 2.12. The van der Waals surface area contributed by atoms with E-state index in [1.54, 1.807) is 0 Å². The maximum absolute atomic E-state index is 14.1. The fourth-order valence-electron chi connectivity index (χ4n) is 1.65. The van der Waals surface area contributed by atoms with Gasteiger partial charge >= 0.3 is 17.9 Å². The monoisotopic (exact) mass is 350 g/mol. The van der Waals surface area contributed by atoms with E-state index < -0.39 is 23.4 Å². The van der Waals surface area contributed by atoms with Crippen LogP contribution in [0.3, 0.4) is 0 Å². The summed E-state index contributed by atoms with van der Waals surface area (Å²) >= 11 is 3.11. The molecular weight excluding hydrogens is 338 g/mol. The summed E-state index contributed by atoms with van der Waals surface area (Å²) in [7, 11) is 1.08. The predicted molar refractivity (Wildman–Crippen MR) is 70.9 cm³/mol. The Hall–Kier alpha value is -1.50. The van der Waals surface area contributed by atoms with Crippen LogP contribution in [0.4, 0.5) is 8.78 Å². The average molecular weight is 351 g/mol. The lowest BCUT2D eigenvalue weighted by Crippen LogP contribution is -2.31. The molecule has 0 amide bonds. The second-order valence-electron chi connectivity index (χ2n) is 3.76. The van der Waals surface area contributed by atoms with Gasteiger partial charge in [-0.1, -0.05) is 34.1 Å². The molecule has 0 aliphatic carbocycles. The molecule has 0 bridgehead atoms. The van der Waals surface area contributed by atoms with Crippen molar-refractivity contribution < 1.29 is 27.8 Å². The number of carbonyl (C=O) groups excluding carboxylic acids is 2. The second kappa shape index (κ2) is 6.78. The third kappa shape index (κ3) is 3.15. The zero-order valence-corrected chi connectivity index (χ0v) is 12.5. The lowest BCUT2D eigenvalue weighted by Gasteiger charge is -2.19. The fraction of sp³-hybridized carbons (Fsp3) is 0.385. The Morgan fingerprint density at radius 2 is 2.00 bits per heavy atom. The Morgan fingerprint density at radius 1 is 1.35 bits per heavy atom. The molecule has 0 atom stereocenters. The molecule has 4 nitrogen and oxygen atoms in total. The van der Waals surface area contributed by atoms with Gasteiger partial charge in [0.1, 0.15) is 0 Å². The van der Waals surface area contributed by atoms with Gasteiger partial charge in [0.2, 0.25) is 0 Å². The van der Waals surface area contributed by atoms with Gasteiger partial charge in [-0.3, -0.25) is 0 Å². The van der Waals surface area contributed by atoms with Crippen LogP contribution in [0, 0.1) is 0 Å². The summed E-state index contributed by atoms with van der Waals surface area (Å²) in [5.41, 5.74) is -0.747. The standard InChI is InChI=1S/C13H13BrF2O4/c1-3-20-12(18)13(15,16)9-6-4-5-8(7-14)10(9)11(17)19-2/h4-6H,3,7H2,1-2H3. The van der Waals surface area contributed by atoms with Crippen LogP contribution in [-0.4, -0.2) is 25.7 Å². The highest BCUT2D eigenvalue weighted by atomic mass is 79.9. The summed E-state index contributed by atoms with van der Waals surface area (Å²) in [6, 6.07) is 3.84. The summed E-state index contributed by atoms with van der Waals surface area (Å²) in [5.74, 6) is -6.55. The summed E-state index contributed by atoms with van der Waals surface area (Å²) in [6.07, 6.45) is 0. The maximum atomic E-state index is 14.1. The van der Waals surface area contributed by atoms with E-state index in [2.05, 4.69) is 25.4 Å². The van der Waals surface area contributed by atoms with E-state index in [0.717, 1.165) is 13.2 Å². The third-order valence-electron chi connectivity index (χ3n) is 2.55. The number of carbonyl (C=O) groups is 2. The van der Waals surface area contributed by atoms with E-state index in [0.29, 0.717) is 5.56 Å². The minimum atomic E-state index is -3.92. The smallest absolute Gasteiger partial charge is 0.382 e. The van der Waals surface area contributed by atoms with Crippen molar-refractivity contribution in [3.05, 3.63) is 34.9 Å². The van der Waals surface area contributed by atoms with Crippen LogP contribution in [0.1, 0.15) is 28.4 Å².